The topological polar surface area (TPSA) is 68.3 Å². The van der Waals surface area contributed by atoms with Crippen LogP contribution in [0.15, 0.2) is 16.3 Å². The van der Waals surface area contributed by atoms with Gasteiger partial charge in [0, 0.05) is 6.92 Å². The van der Waals surface area contributed by atoms with E-state index < -0.39 is 15.0 Å². The summed E-state index contributed by atoms with van der Waals surface area (Å²) in [5, 5.41) is -0.910. The first kappa shape index (κ1) is 10.1. The highest BCUT2D eigenvalue weighted by Gasteiger charge is 2.22. The van der Waals surface area contributed by atoms with Gasteiger partial charge >= 0.3 is 0 Å². The Morgan fingerprint density at radius 3 is 2.46 bits per heavy atom. The minimum atomic E-state index is -3.85. The van der Waals surface area contributed by atoms with E-state index in [4.69, 9.17) is 0 Å². The second kappa shape index (κ2) is 3.39. The van der Waals surface area contributed by atoms with Crippen LogP contribution in [0, 0.1) is 0 Å². The Hall–Kier alpha value is -1.01. The predicted octanol–water partition coefficient (Wildman–Crippen LogP) is 0.881. The number of carbonyl (C=O) groups is 2. The van der Waals surface area contributed by atoms with Crippen molar-refractivity contribution in [2.45, 2.75) is 11.1 Å². The summed E-state index contributed by atoms with van der Waals surface area (Å²) in [6, 6.07) is 2.62. The van der Waals surface area contributed by atoms with Crippen LogP contribution in [0.3, 0.4) is 0 Å². The zero-order valence-electron chi connectivity index (χ0n) is 6.68. The lowest BCUT2D eigenvalue weighted by Crippen LogP contribution is -2.08. The molecule has 0 spiro atoms. The first-order valence-corrected chi connectivity index (χ1v) is 5.59. The normalized spacial score (nSPS) is 11.2. The third-order valence-corrected chi connectivity index (χ3v) is 4.50. The fraction of sp³-hybridized carbons (Fsp3) is 0.143. The molecule has 0 amide bonds. The van der Waals surface area contributed by atoms with Gasteiger partial charge in [-0.05, 0) is 12.1 Å². The Labute approximate surface area is 79.1 Å². The Balaban J connectivity index is 3.23. The number of rotatable bonds is 2. The molecule has 0 atom stereocenters. The van der Waals surface area contributed by atoms with Crippen LogP contribution in [-0.2, 0) is 14.6 Å². The summed E-state index contributed by atoms with van der Waals surface area (Å²) < 4.78 is 22.3. The number of hydrogen-bond donors (Lipinski definition) is 0. The van der Waals surface area contributed by atoms with Crippen molar-refractivity contribution in [1.29, 1.82) is 0 Å². The van der Waals surface area contributed by atoms with E-state index >= 15 is 0 Å². The molecule has 1 aromatic rings. The summed E-state index contributed by atoms with van der Waals surface area (Å²) in [4.78, 5) is 21.2. The molecule has 0 aliphatic heterocycles. The molecular weight excluding hydrogens is 212 g/mol. The predicted molar refractivity (Wildman–Crippen MR) is 47.6 cm³/mol. The molecule has 1 rings (SSSR count). The van der Waals surface area contributed by atoms with Crippen LogP contribution in [0.1, 0.15) is 16.6 Å². The molecule has 0 aromatic carbocycles. The van der Waals surface area contributed by atoms with Gasteiger partial charge in [0.1, 0.15) is 4.21 Å². The van der Waals surface area contributed by atoms with Crippen LogP contribution in [0.4, 0.5) is 0 Å². The third-order valence-electron chi connectivity index (χ3n) is 1.36. The summed E-state index contributed by atoms with van der Waals surface area (Å²) in [6.45, 7) is 0.982. The van der Waals surface area contributed by atoms with Crippen molar-refractivity contribution in [1.82, 2.24) is 0 Å². The average molecular weight is 218 g/mol. The van der Waals surface area contributed by atoms with Gasteiger partial charge in [-0.15, -0.1) is 11.3 Å². The van der Waals surface area contributed by atoms with Crippen molar-refractivity contribution in [3.63, 3.8) is 0 Å². The van der Waals surface area contributed by atoms with Gasteiger partial charge in [-0.25, -0.2) is 8.42 Å². The highest BCUT2D eigenvalue weighted by Crippen LogP contribution is 2.21. The largest absolute Gasteiger partial charge is 0.297 e. The van der Waals surface area contributed by atoms with Gasteiger partial charge in [-0.2, -0.15) is 0 Å². The Kier molecular flexibility index (Phi) is 2.63. The van der Waals surface area contributed by atoms with Crippen molar-refractivity contribution in [3.05, 3.63) is 17.0 Å². The molecule has 0 saturated carbocycles. The molecule has 0 fully saturated rings. The summed E-state index contributed by atoms with van der Waals surface area (Å²) in [7, 11) is -3.85. The fourth-order valence-electron chi connectivity index (χ4n) is 0.684. The van der Waals surface area contributed by atoms with Crippen molar-refractivity contribution >= 4 is 32.6 Å². The highest BCUT2D eigenvalue weighted by atomic mass is 32.2. The minimum absolute atomic E-state index is 0.0814. The van der Waals surface area contributed by atoms with Gasteiger partial charge in [0.05, 0.1) is 4.88 Å². The van der Waals surface area contributed by atoms with E-state index in [0.717, 1.165) is 18.3 Å². The van der Waals surface area contributed by atoms with Crippen LogP contribution in [0.25, 0.3) is 0 Å². The first-order chi connectivity index (χ1) is 5.98. The van der Waals surface area contributed by atoms with Crippen molar-refractivity contribution in [2.75, 3.05) is 0 Å². The quantitative estimate of drug-likeness (QED) is 0.691. The van der Waals surface area contributed by atoms with E-state index in [0.29, 0.717) is 11.2 Å². The van der Waals surface area contributed by atoms with E-state index in [-0.39, 0.29) is 4.21 Å². The van der Waals surface area contributed by atoms with Crippen molar-refractivity contribution in [3.8, 4) is 0 Å². The van der Waals surface area contributed by atoms with Gasteiger partial charge in [0.25, 0.3) is 0 Å². The number of thiophene rings is 1. The Morgan fingerprint density at radius 1 is 1.46 bits per heavy atom. The fourth-order valence-corrected chi connectivity index (χ4v) is 2.85. The van der Waals surface area contributed by atoms with Crippen LogP contribution in [0.2, 0.25) is 0 Å². The van der Waals surface area contributed by atoms with E-state index in [1.54, 1.807) is 0 Å². The number of carbonyl (C=O) groups excluding carboxylic acids is 2. The molecule has 0 radical (unpaired) electrons. The first-order valence-electron chi connectivity index (χ1n) is 3.29. The van der Waals surface area contributed by atoms with Crippen molar-refractivity contribution < 1.29 is 18.0 Å². The lowest BCUT2D eigenvalue weighted by Gasteiger charge is -1.92. The minimum Gasteiger partial charge on any atom is -0.297 e. The molecule has 1 aromatic heterocycles. The van der Waals surface area contributed by atoms with Crippen molar-refractivity contribution in [2.24, 2.45) is 0 Å². The second-order valence-corrected chi connectivity index (χ2v) is 5.67. The zero-order chi connectivity index (χ0) is 10.1. The van der Waals surface area contributed by atoms with Gasteiger partial charge in [-0.3, -0.25) is 9.59 Å². The van der Waals surface area contributed by atoms with E-state index in [2.05, 4.69) is 0 Å². The molecule has 0 aliphatic carbocycles. The molecule has 6 heteroatoms. The van der Waals surface area contributed by atoms with Crippen LogP contribution < -0.4 is 0 Å². The average Bonchev–Trinajstić information content (AvgIpc) is 2.51. The van der Waals surface area contributed by atoms with Gasteiger partial charge in [0.15, 0.2) is 6.29 Å². The second-order valence-electron chi connectivity index (χ2n) is 2.27. The van der Waals surface area contributed by atoms with Gasteiger partial charge in [0.2, 0.25) is 15.0 Å². The lowest BCUT2D eigenvalue weighted by molar-refractivity contribution is -0.109. The van der Waals surface area contributed by atoms with E-state index in [9.17, 15) is 18.0 Å². The van der Waals surface area contributed by atoms with Gasteiger partial charge < -0.3 is 0 Å². The molecule has 13 heavy (non-hydrogen) atoms. The van der Waals surface area contributed by atoms with Crippen LogP contribution in [0.5, 0.6) is 0 Å². The maximum Gasteiger partial charge on any atom is 0.249 e. The maximum atomic E-state index is 11.2. The number of sulfone groups is 1. The van der Waals surface area contributed by atoms with Crippen LogP contribution in [-0.4, -0.2) is 19.8 Å². The molecule has 0 unspecified atom stereocenters. The highest BCUT2D eigenvalue weighted by molar-refractivity contribution is 8.07. The summed E-state index contributed by atoms with van der Waals surface area (Å²) in [6.07, 6.45) is 0.545. The monoisotopic (exact) mass is 218 g/mol. The van der Waals surface area contributed by atoms with Gasteiger partial charge in [-0.1, -0.05) is 0 Å². The van der Waals surface area contributed by atoms with Crippen LogP contribution >= 0.6 is 11.3 Å². The summed E-state index contributed by atoms with van der Waals surface area (Å²) in [5.41, 5.74) is 0. The summed E-state index contributed by atoms with van der Waals surface area (Å²) in [5.74, 6) is 0. The molecule has 4 nitrogen and oxygen atoms in total. The SMILES string of the molecule is CC(=O)S(=O)(=O)c1ccc(C=O)s1. The zero-order valence-corrected chi connectivity index (χ0v) is 8.31. The third kappa shape index (κ3) is 1.84. The molecule has 0 N–H and O–H groups in total. The number of hydrogen-bond acceptors (Lipinski definition) is 5. The smallest absolute Gasteiger partial charge is 0.249 e. The van der Waals surface area contributed by atoms with E-state index in [1.165, 1.54) is 12.1 Å². The Morgan fingerprint density at radius 2 is 2.08 bits per heavy atom. The molecular formula is C7H6O4S2. The molecule has 0 aliphatic rings. The maximum absolute atomic E-state index is 11.2. The molecule has 70 valence electrons. The lowest BCUT2D eigenvalue weighted by atomic mass is 10.5. The standard InChI is InChI=1S/C7H6O4S2/c1-5(9)13(10,11)7-3-2-6(4-8)12-7/h2-4H,1H3. The number of aldehydes is 1. The molecule has 0 bridgehead atoms. The summed E-state index contributed by atoms with van der Waals surface area (Å²) >= 11 is 0.791. The van der Waals surface area contributed by atoms with E-state index in [1.807, 2.05) is 0 Å². The Bertz CT molecular complexity index is 441. The molecule has 0 saturated heterocycles. The molecule has 1 heterocycles.